The molecule has 5 nitrogen and oxygen atoms in total. The highest BCUT2D eigenvalue weighted by molar-refractivity contribution is 5.78. The Morgan fingerprint density at radius 3 is 2.43 bits per heavy atom. The molecule has 1 unspecified atom stereocenters. The van der Waals surface area contributed by atoms with Crippen LogP contribution in [-0.2, 0) is 20.7 Å². The topological polar surface area (TPSA) is 56.8 Å². The second-order valence-electron chi connectivity index (χ2n) is 5.12. The standard InChI is InChI=1S/C16H25NO4/c1-5-21-14-8-6-13(7-9-14)10-15(18)17-11-16(2,20-4)12-19-3/h6-9H,5,10-12H2,1-4H3,(H,17,18). The molecular formula is C16H25NO4. The molecule has 1 rings (SSSR count). The van der Waals surface area contributed by atoms with E-state index in [4.69, 9.17) is 14.2 Å². The third kappa shape index (κ3) is 6.14. The maximum Gasteiger partial charge on any atom is 0.224 e. The van der Waals surface area contributed by atoms with Gasteiger partial charge in [-0.2, -0.15) is 0 Å². The number of carbonyl (C=O) groups is 1. The molecule has 118 valence electrons. The van der Waals surface area contributed by atoms with Crippen molar-refractivity contribution in [3.8, 4) is 5.75 Å². The highest BCUT2D eigenvalue weighted by Gasteiger charge is 2.24. The second kappa shape index (κ2) is 8.64. The predicted octanol–water partition coefficient (Wildman–Crippen LogP) is 1.80. The van der Waals surface area contributed by atoms with Crippen LogP contribution in [0, 0.1) is 0 Å². The first-order chi connectivity index (χ1) is 10.0. The highest BCUT2D eigenvalue weighted by atomic mass is 16.5. The van der Waals surface area contributed by atoms with Crippen LogP contribution >= 0.6 is 0 Å². The number of amides is 1. The van der Waals surface area contributed by atoms with Crippen LogP contribution in [0.25, 0.3) is 0 Å². The molecule has 1 amide bonds. The summed E-state index contributed by atoms with van der Waals surface area (Å²) in [6.45, 7) is 5.30. The fourth-order valence-electron chi connectivity index (χ4n) is 1.89. The number of hydrogen-bond acceptors (Lipinski definition) is 4. The minimum atomic E-state index is -0.511. The molecule has 21 heavy (non-hydrogen) atoms. The fourth-order valence-corrected chi connectivity index (χ4v) is 1.89. The van der Waals surface area contributed by atoms with Crippen molar-refractivity contribution >= 4 is 5.91 Å². The monoisotopic (exact) mass is 295 g/mol. The predicted molar refractivity (Wildman–Crippen MR) is 81.6 cm³/mol. The Labute approximate surface area is 126 Å². The van der Waals surface area contributed by atoms with Gasteiger partial charge < -0.3 is 19.5 Å². The summed E-state index contributed by atoms with van der Waals surface area (Å²) in [5.74, 6) is 0.771. The Balaban J connectivity index is 2.46. The number of ether oxygens (including phenoxy) is 3. The lowest BCUT2D eigenvalue weighted by Gasteiger charge is -2.27. The second-order valence-corrected chi connectivity index (χ2v) is 5.12. The van der Waals surface area contributed by atoms with Crippen LogP contribution in [0.3, 0.4) is 0 Å². The van der Waals surface area contributed by atoms with Gasteiger partial charge in [0.1, 0.15) is 11.4 Å². The molecule has 1 aromatic rings. The van der Waals surface area contributed by atoms with E-state index in [9.17, 15) is 4.79 Å². The van der Waals surface area contributed by atoms with Gasteiger partial charge in [-0.25, -0.2) is 0 Å². The number of benzene rings is 1. The first kappa shape index (κ1) is 17.5. The van der Waals surface area contributed by atoms with Crippen molar-refractivity contribution in [2.75, 3.05) is 34.0 Å². The average molecular weight is 295 g/mol. The van der Waals surface area contributed by atoms with Crippen LogP contribution in [-0.4, -0.2) is 45.5 Å². The van der Waals surface area contributed by atoms with E-state index < -0.39 is 5.60 Å². The molecule has 0 aliphatic carbocycles. The van der Waals surface area contributed by atoms with Crippen LogP contribution in [0.1, 0.15) is 19.4 Å². The zero-order valence-electron chi connectivity index (χ0n) is 13.3. The van der Waals surface area contributed by atoms with Crippen molar-refractivity contribution in [1.82, 2.24) is 5.32 Å². The molecular weight excluding hydrogens is 270 g/mol. The van der Waals surface area contributed by atoms with Crippen LogP contribution in [0.2, 0.25) is 0 Å². The van der Waals surface area contributed by atoms with Gasteiger partial charge in [0, 0.05) is 20.8 Å². The van der Waals surface area contributed by atoms with Gasteiger partial charge in [-0.05, 0) is 31.5 Å². The van der Waals surface area contributed by atoms with Gasteiger partial charge in [0.05, 0.1) is 19.6 Å². The molecule has 0 radical (unpaired) electrons. The summed E-state index contributed by atoms with van der Waals surface area (Å²) in [6, 6.07) is 7.54. The lowest BCUT2D eigenvalue weighted by molar-refractivity contribution is -0.122. The van der Waals surface area contributed by atoms with Gasteiger partial charge in [-0.1, -0.05) is 12.1 Å². The third-order valence-corrected chi connectivity index (χ3v) is 3.20. The Morgan fingerprint density at radius 1 is 1.24 bits per heavy atom. The van der Waals surface area contributed by atoms with Crippen LogP contribution in [0.15, 0.2) is 24.3 Å². The molecule has 0 spiro atoms. The number of methoxy groups -OCH3 is 2. The van der Waals surface area contributed by atoms with Crippen LogP contribution in [0.5, 0.6) is 5.75 Å². The van der Waals surface area contributed by atoms with E-state index in [0.717, 1.165) is 11.3 Å². The summed E-state index contributed by atoms with van der Waals surface area (Å²) in [4.78, 5) is 12.0. The maximum atomic E-state index is 12.0. The first-order valence-electron chi connectivity index (χ1n) is 7.05. The van der Waals surface area contributed by atoms with E-state index in [1.807, 2.05) is 38.1 Å². The zero-order valence-corrected chi connectivity index (χ0v) is 13.3. The number of carbonyl (C=O) groups excluding carboxylic acids is 1. The summed E-state index contributed by atoms with van der Waals surface area (Å²) < 4.78 is 15.8. The number of hydrogen-bond donors (Lipinski definition) is 1. The maximum absolute atomic E-state index is 12.0. The number of rotatable bonds is 9. The summed E-state index contributed by atoms with van der Waals surface area (Å²) in [6.07, 6.45) is 0.333. The molecule has 0 fully saturated rings. The van der Waals surface area contributed by atoms with E-state index in [1.165, 1.54) is 0 Å². The molecule has 0 saturated carbocycles. The van der Waals surface area contributed by atoms with E-state index >= 15 is 0 Å². The normalized spacial score (nSPS) is 13.5. The van der Waals surface area contributed by atoms with Crippen LogP contribution < -0.4 is 10.1 Å². The molecule has 0 saturated heterocycles. The lowest BCUT2D eigenvalue weighted by atomic mass is 10.1. The van der Waals surface area contributed by atoms with Gasteiger partial charge >= 0.3 is 0 Å². The summed E-state index contributed by atoms with van der Waals surface area (Å²) in [5.41, 5.74) is 0.435. The highest BCUT2D eigenvalue weighted by Crippen LogP contribution is 2.13. The molecule has 0 aromatic heterocycles. The summed E-state index contributed by atoms with van der Waals surface area (Å²) in [7, 11) is 3.22. The molecule has 1 aromatic carbocycles. The molecule has 1 atom stereocenters. The van der Waals surface area contributed by atoms with Gasteiger partial charge in [-0.3, -0.25) is 4.79 Å². The Morgan fingerprint density at radius 2 is 1.90 bits per heavy atom. The van der Waals surface area contributed by atoms with Crippen molar-refractivity contribution < 1.29 is 19.0 Å². The molecule has 0 aliphatic heterocycles. The molecule has 0 aliphatic rings. The molecule has 5 heteroatoms. The summed E-state index contributed by atoms with van der Waals surface area (Å²) >= 11 is 0. The first-order valence-corrected chi connectivity index (χ1v) is 7.05. The van der Waals surface area contributed by atoms with E-state index in [1.54, 1.807) is 14.2 Å². The SMILES string of the molecule is CCOc1ccc(CC(=O)NCC(C)(COC)OC)cc1. The van der Waals surface area contributed by atoms with Crippen molar-refractivity contribution in [2.24, 2.45) is 0 Å². The van der Waals surface area contributed by atoms with E-state index in [2.05, 4.69) is 5.32 Å². The van der Waals surface area contributed by atoms with Gasteiger partial charge in [0.15, 0.2) is 0 Å². The van der Waals surface area contributed by atoms with E-state index in [-0.39, 0.29) is 5.91 Å². The van der Waals surface area contributed by atoms with Gasteiger partial charge in [0.2, 0.25) is 5.91 Å². The average Bonchev–Trinajstić information content (AvgIpc) is 2.48. The van der Waals surface area contributed by atoms with Crippen molar-refractivity contribution in [3.05, 3.63) is 29.8 Å². The Kier molecular flexibility index (Phi) is 7.19. The molecule has 0 bridgehead atoms. The van der Waals surface area contributed by atoms with Crippen molar-refractivity contribution in [1.29, 1.82) is 0 Å². The fraction of sp³-hybridized carbons (Fsp3) is 0.562. The Hall–Kier alpha value is -1.59. The minimum absolute atomic E-state index is 0.0430. The van der Waals surface area contributed by atoms with Gasteiger partial charge in [-0.15, -0.1) is 0 Å². The van der Waals surface area contributed by atoms with Crippen molar-refractivity contribution in [2.45, 2.75) is 25.9 Å². The summed E-state index contributed by atoms with van der Waals surface area (Å²) in [5, 5.41) is 2.87. The molecule has 0 heterocycles. The number of nitrogens with one attached hydrogen (secondary N) is 1. The smallest absolute Gasteiger partial charge is 0.224 e. The van der Waals surface area contributed by atoms with Gasteiger partial charge in [0.25, 0.3) is 0 Å². The molecule has 1 N–H and O–H groups in total. The van der Waals surface area contributed by atoms with E-state index in [0.29, 0.717) is 26.2 Å². The lowest BCUT2D eigenvalue weighted by Crippen LogP contribution is -2.45. The minimum Gasteiger partial charge on any atom is -0.494 e. The quantitative estimate of drug-likeness (QED) is 0.754. The third-order valence-electron chi connectivity index (χ3n) is 3.20. The van der Waals surface area contributed by atoms with Crippen molar-refractivity contribution in [3.63, 3.8) is 0 Å². The Bertz CT molecular complexity index is 432. The van der Waals surface area contributed by atoms with Crippen LogP contribution in [0.4, 0.5) is 0 Å². The zero-order chi connectivity index (χ0) is 15.7. The largest absolute Gasteiger partial charge is 0.494 e.